The molecule has 0 bridgehead atoms. The zero-order valence-corrected chi connectivity index (χ0v) is 13.0. The van der Waals surface area contributed by atoms with Crippen LogP contribution in [0, 0.1) is 13.8 Å². The molecule has 0 unspecified atom stereocenters. The number of rotatable bonds is 4. The lowest BCUT2D eigenvalue weighted by molar-refractivity contribution is -0.129. The van der Waals surface area contributed by atoms with E-state index in [0.717, 1.165) is 16.7 Å². The number of hydrazone groups is 1. The van der Waals surface area contributed by atoms with Crippen LogP contribution in [-0.4, -0.2) is 16.7 Å². The third kappa shape index (κ3) is 3.80. The predicted octanol–water partition coefficient (Wildman–Crippen LogP) is 2.88. The Labute approximate surface area is 130 Å². The first-order valence-corrected chi connectivity index (χ1v) is 7.14. The zero-order valence-electron chi connectivity index (χ0n) is 13.0. The van der Waals surface area contributed by atoms with Gasteiger partial charge in [0, 0.05) is 5.56 Å². The second kappa shape index (κ2) is 7.00. The van der Waals surface area contributed by atoms with E-state index in [1.165, 1.54) is 0 Å². The van der Waals surface area contributed by atoms with Crippen LogP contribution in [-0.2, 0) is 4.79 Å². The predicted molar refractivity (Wildman–Crippen MR) is 87.7 cm³/mol. The second-order valence-electron chi connectivity index (χ2n) is 5.30. The van der Waals surface area contributed by atoms with E-state index in [0.29, 0.717) is 11.3 Å². The summed E-state index contributed by atoms with van der Waals surface area (Å²) in [4.78, 5) is 12.0. The van der Waals surface area contributed by atoms with E-state index in [1.807, 2.05) is 45.0 Å². The molecule has 0 aromatic heterocycles. The number of carbonyl (C=O) groups is 1. The average Bonchev–Trinajstić information content (AvgIpc) is 2.54. The van der Waals surface area contributed by atoms with Gasteiger partial charge < -0.3 is 5.11 Å². The minimum atomic E-state index is -1.23. The summed E-state index contributed by atoms with van der Waals surface area (Å²) in [6.07, 6.45) is -1.23. The Bertz CT molecular complexity index is 693. The lowest BCUT2D eigenvalue weighted by Crippen LogP contribution is -2.26. The highest BCUT2D eigenvalue weighted by Gasteiger charge is 2.16. The number of hydrogen-bond donors (Lipinski definition) is 2. The van der Waals surface area contributed by atoms with Gasteiger partial charge in [-0.25, -0.2) is 5.43 Å². The number of aliphatic hydroxyl groups excluding tert-OH is 1. The van der Waals surface area contributed by atoms with Crippen LogP contribution in [0.5, 0.6) is 0 Å². The van der Waals surface area contributed by atoms with E-state index in [4.69, 9.17) is 0 Å². The minimum Gasteiger partial charge on any atom is -0.378 e. The fraction of sp³-hybridized carbons (Fsp3) is 0.222. The van der Waals surface area contributed by atoms with Crippen LogP contribution in [0.3, 0.4) is 0 Å². The highest BCUT2D eigenvalue weighted by atomic mass is 16.3. The van der Waals surface area contributed by atoms with Gasteiger partial charge in [-0.05, 0) is 38.0 Å². The number of amides is 1. The maximum absolute atomic E-state index is 12.0. The first-order valence-electron chi connectivity index (χ1n) is 7.14. The van der Waals surface area contributed by atoms with Gasteiger partial charge in [-0.2, -0.15) is 5.10 Å². The van der Waals surface area contributed by atoms with Gasteiger partial charge in [0.25, 0.3) is 5.91 Å². The minimum absolute atomic E-state index is 0.541. The van der Waals surface area contributed by atoms with Gasteiger partial charge in [-0.3, -0.25) is 4.79 Å². The molecule has 0 spiro atoms. The Kier molecular flexibility index (Phi) is 5.07. The molecule has 0 saturated heterocycles. The molecule has 114 valence electrons. The Morgan fingerprint density at radius 2 is 1.82 bits per heavy atom. The van der Waals surface area contributed by atoms with Crippen LogP contribution in [0.4, 0.5) is 0 Å². The van der Waals surface area contributed by atoms with Gasteiger partial charge in [0.15, 0.2) is 6.10 Å². The third-order valence-corrected chi connectivity index (χ3v) is 3.48. The van der Waals surface area contributed by atoms with E-state index >= 15 is 0 Å². The smallest absolute Gasteiger partial charge is 0.273 e. The quantitative estimate of drug-likeness (QED) is 0.673. The summed E-state index contributed by atoms with van der Waals surface area (Å²) in [6, 6.07) is 14.9. The van der Waals surface area contributed by atoms with E-state index in [2.05, 4.69) is 10.5 Å². The van der Waals surface area contributed by atoms with Gasteiger partial charge in [-0.15, -0.1) is 0 Å². The van der Waals surface area contributed by atoms with Crippen LogP contribution >= 0.6 is 0 Å². The molecule has 4 heteroatoms. The maximum Gasteiger partial charge on any atom is 0.273 e. The number of aliphatic hydroxyl groups is 1. The molecule has 2 N–H and O–H groups in total. The van der Waals surface area contributed by atoms with Crippen molar-refractivity contribution in [1.29, 1.82) is 0 Å². The maximum atomic E-state index is 12.0. The molecular weight excluding hydrogens is 276 g/mol. The van der Waals surface area contributed by atoms with E-state index in [-0.39, 0.29) is 0 Å². The highest BCUT2D eigenvalue weighted by molar-refractivity contribution is 6.00. The summed E-state index contributed by atoms with van der Waals surface area (Å²) in [5.74, 6) is -0.546. The number of nitrogens with zero attached hydrogens (tertiary/aromatic N) is 1. The van der Waals surface area contributed by atoms with Crippen LogP contribution in [0.15, 0.2) is 53.6 Å². The lowest BCUT2D eigenvalue weighted by Gasteiger charge is -2.10. The summed E-state index contributed by atoms with van der Waals surface area (Å²) in [6.45, 7) is 5.83. The summed E-state index contributed by atoms with van der Waals surface area (Å²) in [5, 5.41) is 14.1. The largest absolute Gasteiger partial charge is 0.378 e. The normalized spacial score (nSPS) is 12.8. The van der Waals surface area contributed by atoms with Crippen LogP contribution < -0.4 is 5.43 Å². The molecule has 2 aromatic carbocycles. The molecule has 0 fully saturated rings. The second-order valence-corrected chi connectivity index (χ2v) is 5.30. The van der Waals surface area contributed by atoms with Crippen molar-refractivity contribution < 1.29 is 9.90 Å². The van der Waals surface area contributed by atoms with Crippen molar-refractivity contribution >= 4 is 11.6 Å². The monoisotopic (exact) mass is 296 g/mol. The first-order chi connectivity index (χ1) is 10.5. The summed E-state index contributed by atoms with van der Waals surface area (Å²) < 4.78 is 0. The number of aryl methyl sites for hydroxylation is 2. The standard InChI is InChI=1S/C18H20N2O2/c1-12-9-10-13(2)16(11-12)14(3)19-20-18(22)17(21)15-7-5-4-6-8-15/h4-11,17,21H,1-3H3,(H,20,22)/b19-14-/t17-/m1/s1. The Balaban J connectivity index is 2.10. The van der Waals surface area contributed by atoms with Gasteiger partial charge >= 0.3 is 0 Å². The van der Waals surface area contributed by atoms with Crippen molar-refractivity contribution in [3.05, 3.63) is 70.8 Å². The number of carbonyl (C=O) groups excluding carboxylic acids is 1. The van der Waals surface area contributed by atoms with Crippen molar-refractivity contribution in [2.45, 2.75) is 26.9 Å². The van der Waals surface area contributed by atoms with Crippen LogP contribution in [0.25, 0.3) is 0 Å². The van der Waals surface area contributed by atoms with Gasteiger partial charge in [-0.1, -0.05) is 48.0 Å². The molecule has 22 heavy (non-hydrogen) atoms. The molecule has 0 aliphatic heterocycles. The molecule has 0 aliphatic rings. The van der Waals surface area contributed by atoms with Crippen LogP contribution in [0.1, 0.15) is 35.3 Å². The van der Waals surface area contributed by atoms with Gasteiger partial charge in [0.05, 0.1) is 5.71 Å². The topological polar surface area (TPSA) is 61.7 Å². The fourth-order valence-corrected chi connectivity index (χ4v) is 2.17. The molecule has 4 nitrogen and oxygen atoms in total. The number of hydrogen-bond acceptors (Lipinski definition) is 3. The van der Waals surface area contributed by atoms with Gasteiger partial charge in [0.2, 0.25) is 0 Å². The van der Waals surface area contributed by atoms with Crippen molar-refractivity contribution in [1.82, 2.24) is 5.43 Å². The van der Waals surface area contributed by atoms with E-state index in [1.54, 1.807) is 24.3 Å². The summed E-state index contributed by atoms with van der Waals surface area (Å²) >= 11 is 0. The SMILES string of the molecule is C/C(=N/NC(=O)[C@H](O)c1ccccc1)c1cc(C)ccc1C. The molecule has 0 aliphatic carbocycles. The van der Waals surface area contributed by atoms with Crippen molar-refractivity contribution in [3.63, 3.8) is 0 Å². The number of benzene rings is 2. The highest BCUT2D eigenvalue weighted by Crippen LogP contribution is 2.13. The summed E-state index contributed by atoms with van der Waals surface area (Å²) in [7, 11) is 0. The van der Waals surface area contributed by atoms with Crippen molar-refractivity contribution in [2.75, 3.05) is 0 Å². The first kappa shape index (κ1) is 15.9. The Morgan fingerprint density at radius 1 is 1.14 bits per heavy atom. The zero-order chi connectivity index (χ0) is 16.1. The number of nitrogens with one attached hydrogen (secondary N) is 1. The molecule has 1 amide bonds. The lowest BCUT2D eigenvalue weighted by atomic mass is 10.0. The molecule has 2 rings (SSSR count). The van der Waals surface area contributed by atoms with E-state index in [9.17, 15) is 9.90 Å². The van der Waals surface area contributed by atoms with Crippen molar-refractivity contribution in [3.8, 4) is 0 Å². The van der Waals surface area contributed by atoms with Gasteiger partial charge in [0.1, 0.15) is 0 Å². The molecule has 0 radical (unpaired) electrons. The molecule has 2 aromatic rings. The summed E-state index contributed by atoms with van der Waals surface area (Å²) in [5.41, 5.74) is 6.87. The average molecular weight is 296 g/mol. The molecular formula is C18H20N2O2. The molecule has 0 saturated carbocycles. The molecule has 1 atom stereocenters. The molecule has 0 heterocycles. The Morgan fingerprint density at radius 3 is 2.50 bits per heavy atom. The van der Waals surface area contributed by atoms with Crippen LogP contribution in [0.2, 0.25) is 0 Å². The fourth-order valence-electron chi connectivity index (χ4n) is 2.17. The Hall–Kier alpha value is -2.46. The van der Waals surface area contributed by atoms with E-state index < -0.39 is 12.0 Å². The van der Waals surface area contributed by atoms with Crippen molar-refractivity contribution in [2.24, 2.45) is 5.10 Å². The third-order valence-electron chi connectivity index (χ3n) is 3.48.